The first-order chi connectivity index (χ1) is 15.9. The second-order valence-electron chi connectivity index (χ2n) is 7.48. The quantitative estimate of drug-likeness (QED) is 0.369. The fraction of sp³-hybridized carbons (Fsp3) is 0.167. The topological polar surface area (TPSA) is 95.2 Å². The van der Waals surface area contributed by atoms with Gasteiger partial charge < -0.3 is 10.1 Å². The maximum atomic E-state index is 13.2. The fourth-order valence-corrected chi connectivity index (χ4v) is 3.89. The summed E-state index contributed by atoms with van der Waals surface area (Å²) >= 11 is 2.20. The number of halogens is 1. The molecular formula is C24H21IN4O4. The molecule has 8 nitrogen and oxygen atoms in total. The van der Waals surface area contributed by atoms with Crippen LogP contribution in [0.15, 0.2) is 70.4 Å². The number of fused-ring (bicyclic) bond motifs is 1. The molecular weight excluding hydrogens is 535 g/mol. The molecule has 4 rings (SSSR count). The van der Waals surface area contributed by atoms with Gasteiger partial charge in [-0.15, -0.1) is 0 Å². The number of ether oxygens (including phenoxy) is 1. The molecule has 0 radical (unpaired) electrons. The Morgan fingerprint density at radius 2 is 1.82 bits per heavy atom. The van der Waals surface area contributed by atoms with Crippen molar-refractivity contribution >= 4 is 39.4 Å². The molecule has 2 aromatic carbocycles. The number of aromatic nitrogens is 3. The van der Waals surface area contributed by atoms with Crippen LogP contribution in [0.3, 0.4) is 0 Å². The van der Waals surface area contributed by atoms with E-state index >= 15 is 0 Å². The van der Waals surface area contributed by atoms with Crippen molar-refractivity contribution in [1.82, 2.24) is 19.4 Å². The number of rotatable bonds is 6. The van der Waals surface area contributed by atoms with E-state index in [1.165, 1.54) is 22.3 Å². The Labute approximate surface area is 203 Å². The number of amides is 1. The van der Waals surface area contributed by atoms with Crippen LogP contribution in [0.1, 0.15) is 21.5 Å². The third-order valence-electron chi connectivity index (χ3n) is 5.33. The molecule has 0 fully saturated rings. The number of carbonyl (C=O) groups is 1. The Morgan fingerprint density at radius 3 is 2.55 bits per heavy atom. The Bertz CT molecular complexity index is 1460. The summed E-state index contributed by atoms with van der Waals surface area (Å²) < 4.78 is 8.78. The van der Waals surface area contributed by atoms with Crippen LogP contribution in [0.4, 0.5) is 0 Å². The first-order valence-corrected chi connectivity index (χ1v) is 11.2. The normalized spacial score (nSPS) is 10.9. The van der Waals surface area contributed by atoms with Crippen molar-refractivity contribution in [2.24, 2.45) is 7.05 Å². The van der Waals surface area contributed by atoms with Gasteiger partial charge in [0, 0.05) is 35.0 Å². The second-order valence-corrected chi connectivity index (χ2v) is 8.73. The van der Waals surface area contributed by atoms with Gasteiger partial charge in [0.25, 0.3) is 11.5 Å². The number of carbonyl (C=O) groups excluding carboxylic acids is 1. The van der Waals surface area contributed by atoms with Gasteiger partial charge in [-0.25, -0.2) is 9.78 Å². The summed E-state index contributed by atoms with van der Waals surface area (Å²) in [5.41, 5.74) is 1.64. The van der Waals surface area contributed by atoms with Crippen molar-refractivity contribution in [2.75, 3.05) is 7.11 Å². The van der Waals surface area contributed by atoms with E-state index in [0.29, 0.717) is 22.3 Å². The SMILES string of the molecule is COc1cc(CNC(=O)c2ccc3c(c2)c(=O)n(Cc2ccc(I)cc2)c(=O)n3C)ccn1. The maximum Gasteiger partial charge on any atom is 0.331 e. The highest BCUT2D eigenvalue weighted by atomic mass is 127. The lowest BCUT2D eigenvalue weighted by Crippen LogP contribution is -2.39. The largest absolute Gasteiger partial charge is 0.481 e. The maximum absolute atomic E-state index is 13.2. The van der Waals surface area contributed by atoms with Gasteiger partial charge >= 0.3 is 5.69 Å². The highest BCUT2D eigenvalue weighted by molar-refractivity contribution is 14.1. The number of aryl methyl sites for hydroxylation is 1. The molecule has 2 heterocycles. The van der Waals surface area contributed by atoms with Crippen LogP contribution in [-0.4, -0.2) is 27.1 Å². The number of methoxy groups -OCH3 is 1. The minimum absolute atomic E-state index is 0.151. The zero-order chi connectivity index (χ0) is 23.5. The molecule has 1 amide bonds. The van der Waals surface area contributed by atoms with Gasteiger partial charge in [0.2, 0.25) is 5.88 Å². The summed E-state index contributed by atoms with van der Waals surface area (Å²) in [6.45, 7) is 0.429. The third-order valence-corrected chi connectivity index (χ3v) is 6.05. The van der Waals surface area contributed by atoms with Gasteiger partial charge in [-0.05, 0) is 70.1 Å². The third kappa shape index (κ3) is 4.82. The Morgan fingerprint density at radius 1 is 1.06 bits per heavy atom. The molecule has 2 aromatic heterocycles. The van der Waals surface area contributed by atoms with Crippen LogP contribution in [0.2, 0.25) is 0 Å². The van der Waals surface area contributed by atoms with Crippen LogP contribution in [0, 0.1) is 3.57 Å². The minimum atomic E-state index is -0.430. The van der Waals surface area contributed by atoms with Crippen molar-refractivity contribution < 1.29 is 9.53 Å². The lowest BCUT2D eigenvalue weighted by atomic mass is 10.1. The van der Waals surface area contributed by atoms with Gasteiger partial charge in [0.15, 0.2) is 0 Å². The van der Waals surface area contributed by atoms with E-state index in [1.54, 1.807) is 37.5 Å². The zero-order valence-corrected chi connectivity index (χ0v) is 20.2. The Hall–Kier alpha value is -3.47. The van der Waals surface area contributed by atoms with Crippen molar-refractivity contribution in [3.8, 4) is 5.88 Å². The molecule has 0 saturated carbocycles. The molecule has 0 aliphatic carbocycles. The molecule has 33 heavy (non-hydrogen) atoms. The van der Waals surface area contributed by atoms with E-state index in [1.807, 2.05) is 24.3 Å². The first-order valence-electron chi connectivity index (χ1n) is 10.1. The monoisotopic (exact) mass is 556 g/mol. The fourth-order valence-electron chi connectivity index (χ4n) is 3.53. The number of hydrogen-bond donors (Lipinski definition) is 1. The van der Waals surface area contributed by atoms with E-state index < -0.39 is 11.2 Å². The van der Waals surface area contributed by atoms with Crippen LogP contribution in [0.25, 0.3) is 10.9 Å². The van der Waals surface area contributed by atoms with Gasteiger partial charge in [0.1, 0.15) is 0 Å². The minimum Gasteiger partial charge on any atom is -0.481 e. The van der Waals surface area contributed by atoms with Crippen LogP contribution in [-0.2, 0) is 20.1 Å². The summed E-state index contributed by atoms with van der Waals surface area (Å²) in [6, 6.07) is 15.9. The van der Waals surface area contributed by atoms with Gasteiger partial charge in [-0.1, -0.05) is 12.1 Å². The predicted molar refractivity (Wildman–Crippen MR) is 134 cm³/mol. The molecule has 0 bridgehead atoms. The van der Waals surface area contributed by atoms with Crippen molar-refractivity contribution in [3.63, 3.8) is 0 Å². The molecule has 0 aliphatic rings. The Kier molecular flexibility index (Phi) is 6.59. The molecule has 0 atom stereocenters. The average molecular weight is 556 g/mol. The number of benzene rings is 2. The van der Waals surface area contributed by atoms with E-state index in [4.69, 9.17) is 4.74 Å². The molecule has 0 unspecified atom stereocenters. The summed E-state index contributed by atoms with van der Waals surface area (Å²) in [5.74, 6) is 0.132. The highest BCUT2D eigenvalue weighted by Crippen LogP contribution is 2.13. The van der Waals surface area contributed by atoms with E-state index in [2.05, 4.69) is 32.9 Å². The van der Waals surface area contributed by atoms with E-state index in [9.17, 15) is 14.4 Å². The van der Waals surface area contributed by atoms with Crippen molar-refractivity contribution in [3.05, 3.63) is 102 Å². The molecule has 0 saturated heterocycles. The molecule has 0 spiro atoms. The summed E-state index contributed by atoms with van der Waals surface area (Å²) in [6.07, 6.45) is 1.60. The lowest BCUT2D eigenvalue weighted by molar-refractivity contribution is 0.0951. The summed E-state index contributed by atoms with van der Waals surface area (Å²) in [5, 5.41) is 3.14. The summed E-state index contributed by atoms with van der Waals surface area (Å²) in [7, 11) is 3.14. The molecule has 168 valence electrons. The molecule has 0 aliphatic heterocycles. The highest BCUT2D eigenvalue weighted by Gasteiger charge is 2.14. The number of pyridine rings is 1. The average Bonchev–Trinajstić information content (AvgIpc) is 2.84. The Balaban J connectivity index is 1.65. The number of nitrogens with one attached hydrogen (secondary N) is 1. The van der Waals surface area contributed by atoms with E-state index in [0.717, 1.165) is 14.7 Å². The summed E-state index contributed by atoms with van der Waals surface area (Å²) in [4.78, 5) is 42.8. The van der Waals surface area contributed by atoms with Gasteiger partial charge in [-0.2, -0.15) is 0 Å². The molecule has 4 aromatic rings. The molecule has 9 heteroatoms. The predicted octanol–water partition coefficient (Wildman–Crippen LogP) is 2.69. The lowest BCUT2D eigenvalue weighted by Gasteiger charge is -2.12. The smallest absolute Gasteiger partial charge is 0.331 e. The molecule has 1 N–H and O–H groups in total. The zero-order valence-electron chi connectivity index (χ0n) is 18.0. The van der Waals surface area contributed by atoms with Crippen molar-refractivity contribution in [1.29, 1.82) is 0 Å². The standard InChI is InChI=1S/C24H21IN4O4/c1-28-20-8-5-17(22(30)27-13-16-9-10-26-21(11-16)33-2)12-19(20)23(31)29(24(28)32)14-15-3-6-18(25)7-4-15/h3-12H,13-14H2,1-2H3,(H,27,30). The second kappa shape index (κ2) is 9.57. The number of hydrogen-bond acceptors (Lipinski definition) is 5. The van der Waals surface area contributed by atoms with Crippen LogP contribution < -0.4 is 21.3 Å². The van der Waals surface area contributed by atoms with Crippen molar-refractivity contribution in [2.45, 2.75) is 13.1 Å². The van der Waals surface area contributed by atoms with Gasteiger partial charge in [0.05, 0.1) is 24.6 Å². The number of nitrogens with zero attached hydrogens (tertiary/aromatic N) is 3. The van der Waals surface area contributed by atoms with Crippen LogP contribution >= 0.6 is 22.6 Å². The van der Waals surface area contributed by atoms with Crippen LogP contribution in [0.5, 0.6) is 5.88 Å². The first kappa shape index (κ1) is 22.7. The van der Waals surface area contributed by atoms with Gasteiger partial charge in [-0.3, -0.25) is 18.7 Å². The van der Waals surface area contributed by atoms with E-state index in [-0.39, 0.29) is 19.0 Å².